The lowest BCUT2D eigenvalue weighted by Crippen LogP contribution is -2.08. The average molecular weight is 310 g/mol. The molecule has 1 atom stereocenters. The van der Waals surface area contributed by atoms with Gasteiger partial charge in [0, 0.05) is 28.3 Å². The highest BCUT2D eigenvalue weighted by Crippen LogP contribution is 2.30. The second-order valence-corrected chi connectivity index (χ2v) is 5.12. The Hall–Kier alpha value is -1.78. The molecule has 0 heterocycles. The van der Waals surface area contributed by atoms with E-state index in [1.165, 1.54) is 18.2 Å². The molecule has 3 nitrogen and oxygen atoms in total. The van der Waals surface area contributed by atoms with E-state index in [9.17, 15) is 4.39 Å². The van der Waals surface area contributed by atoms with Gasteiger partial charge in [-0.05, 0) is 31.2 Å². The van der Waals surface area contributed by atoms with Crippen molar-refractivity contribution in [1.29, 1.82) is 0 Å². The van der Waals surface area contributed by atoms with Crippen molar-refractivity contribution in [3.63, 3.8) is 0 Å². The molecule has 21 heavy (non-hydrogen) atoms. The lowest BCUT2D eigenvalue weighted by molar-refractivity contribution is 0.298. The third-order valence-corrected chi connectivity index (χ3v) is 3.47. The fourth-order valence-electron chi connectivity index (χ4n) is 1.95. The second kappa shape index (κ2) is 6.78. The quantitative estimate of drug-likeness (QED) is 0.905. The summed E-state index contributed by atoms with van der Waals surface area (Å²) in [7, 11) is 1.58. The number of halogens is 2. The number of nitrogens with two attached hydrogens (primary N) is 1. The van der Waals surface area contributed by atoms with E-state index in [0.29, 0.717) is 22.1 Å². The number of hydrogen-bond donors (Lipinski definition) is 1. The minimum Gasteiger partial charge on any atom is -0.497 e. The summed E-state index contributed by atoms with van der Waals surface area (Å²) < 4.78 is 24.2. The fourth-order valence-corrected chi connectivity index (χ4v) is 2.12. The number of hydrogen-bond acceptors (Lipinski definition) is 3. The summed E-state index contributed by atoms with van der Waals surface area (Å²) >= 11 is 6.03. The Balaban J connectivity index is 2.24. The third kappa shape index (κ3) is 3.86. The predicted molar refractivity (Wildman–Crippen MR) is 81.3 cm³/mol. The van der Waals surface area contributed by atoms with Crippen molar-refractivity contribution in [3.8, 4) is 11.5 Å². The van der Waals surface area contributed by atoms with Crippen molar-refractivity contribution in [2.24, 2.45) is 5.73 Å². The molecule has 1 unspecified atom stereocenters. The Kier molecular flexibility index (Phi) is 5.04. The molecule has 2 aromatic carbocycles. The molecule has 0 aromatic heterocycles. The highest BCUT2D eigenvalue weighted by atomic mass is 35.5. The molecule has 2 N–H and O–H groups in total. The summed E-state index contributed by atoms with van der Waals surface area (Å²) in [5.74, 6) is 0.917. The molecule has 2 aromatic rings. The molecule has 0 radical (unpaired) electrons. The number of rotatable bonds is 5. The molecular weight excluding hydrogens is 293 g/mol. The van der Waals surface area contributed by atoms with E-state index in [4.69, 9.17) is 26.8 Å². The Morgan fingerprint density at radius 2 is 2.00 bits per heavy atom. The molecule has 0 spiro atoms. The largest absolute Gasteiger partial charge is 0.497 e. The first kappa shape index (κ1) is 15.6. The van der Waals surface area contributed by atoms with E-state index < -0.39 is 0 Å². The molecule has 0 aliphatic rings. The van der Waals surface area contributed by atoms with Gasteiger partial charge in [-0.25, -0.2) is 4.39 Å². The molecule has 5 heteroatoms. The van der Waals surface area contributed by atoms with Crippen LogP contribution in [0.5, 0.6) is 11.5 Å². The lowest BCUT2D eigenvalue weighted by Gasteiger charge is -2.15. The van der Waals surface area contributed by atoms with E-state index in [-0.39, 0.29) is 18.5 Å². The Morgan fingerprint density at radius 3 is 2.67 bits per heavy atom. The predicted octanol–water partition coefficient (Wildman–Crippen LogP) is 4.09. The number of benzene rings is 2. The second-order valence-electron chi connectivity index (χ2n) is 4.72. The van der Waals surface area contributed by atoms with Crippen LogP contribution in [0.1, 0.15) is 24.1 Å². The molecule has 0 aliphatic heterocycles. The van der Waals surface area contributed by atoms with Crippen molar-refractivity contribution in [2.45, 2.75) is 19.6 Å². The zero-order valence-electron chi connectivity index (χ0n) is 11.9. The van der Waals surface area contributed by atoms with Gasteiger partial charge in [0.1, 0.15) is 23.9 Å². The number of ether oxygens (including phenoxy) is 2. The van der Waals surface area contributed by atoms with Crippen LogP contribution in [0, 0.1) is 5.82 Å². The zero-order valence-corrected chi connectivity index (χ0v) is 12.7. The third-order valence-electron chi connectivity index (χ3n) is 3.10. The first-order chi connectivity index (χ1) is 10.0. The molecule has 0 fully saturated rings. The standard InChI is InChI=1S/C16H17ClFNO2/c1-10(19)14-5-4-13(20-2)8-16(14)21-9-11-7-12(18)3-6-15(11)17/h3-8,10H,9,19H2,1-2H3. The van der Waals surface area contributed by atoms with Crippen molar-refractivity contribution < 1.29 is 13.9 Å². The van der Waals surface area contributed by atoms with Crippen LogP contribution in [0.15, 0.2) is 36.4 Å². The molecule has 0 saturated heterocycles. The van der Waals surface area contributed by atoms with Gasteiger partial charge >= 0.3 is 0 Å². The van der Waals surface area contributed by atoms with Gasteiger partial charge < -0.3 is 15.2 Å². The maximum Gasteiger partial charge on any atom is 0.128 e. The van der Waals surface area contributed by atoms with Gasteiger partial charge in [-0.1, -0.05) is 17.7 Å². The Labute approximate surface area is 128 Å². The summed E-state index contributed by atoms with van der Waals surface area (Å²) in [5, 5.41) is 0.460. The van der Waals surface area contributed by atoms with E-state index in [1.54, 1.807) is 13.2 Å². The topological polar surface area (TPSA) is 44.5 Å². The molecular formula is C16H17ClFNO2. The first-order valence-electron chi connectivity index (χ1n) is 6.51. The van der Waals surface area contributed by atoms with E-state index in [2.05, 4.69) is 0 Å². The maximum absolute atomic E-state index is 13.2. The monoisotopic (exact) mass is 309 g/mol. The van der Waals surface area contributed by atoms with Crippen molar-refractivity contribution in [1.82, 2.24) is 0 Å². The van der Waals surface area contributed by atoms with Gasteiger partial charge in [0.25, 0.3) is 0 Å². The number of methoxy groups -OCH3 is 1. The van der Waals surface area contributed by atoms with Crippen molar-refractivity contribution in [3.05, 3.63) is 58.4 Å². The fraction of sp³-hybridized carbons (Fsp3) is 0.250. The van der Waals surface area contributed by atoms with Crippen LogP contribution in [-0.2, 0) is 6.61 Å². The van der Waals surface area contributed by atoms with Gasteiger partial charge in [0.05, 0.1) is 7.11 Å². The van der Waals surface area contributed by atoms with E-state index in [1.807, 2.05) is 19.1 Å². The highest BCUT2D eigenvalue weighted by Gasteiger charge is 2.11. The van der Waals surface area contributed by atoms with Crippen LogP contribution in [0.4, 0.5) is 4.39 Å². The lowest BCUT2D eigenvalue weighted by atomic mass is 10.1. The van der Waals surface area contributed by atoms with Gasteiger partial charge in [0.15, 0.2) is 0 Å². The smallest absolute Gasteiger partial charge is 0.128 e. The SMILES string of the molecule is COc1ccc(C(C)N)c(OCc2cc(F)ccc2Cl)c1. The zero-order chi connectivity index (χ0) is 15.4. The summed E-state index contributed by atoms with van der Waals surface area (Å²) in [6.45, 7) is 2.02. The Bertz CT molecular complexity index is 632. The summed E-state index contributed by atoms with van der Waals surface area (Å²) in [6.07, 6.45) is 0. The van der Waals surface area contributed by atoms with Crippen LogP contribution >= 0.6 is 11.6 Å². The molecule has 112 valence electrons. The molecule has 0 aliphatic carbocycles. The first-order valence-corrected chi connectivity index (χ1v) is 6.89. The van der Waals surface area contributed by atoms with Gasteiger partial charge in [-0.2, -0.15) is 0 Å². The van der Waals surface area contributed by atoms with Crippen LogP contribution in [-0.4, -0.2) is 7.11 Å². The van der Waals surface area contributed by atoms with Gasteiger partial charge in [-0.15, -0.1) is 0 Å². The molecule has 2 rings (SSSR count). The minimum atomic E-state index is -0.351. The van der Waals surface area contributed by atoms with E-state index >= 15 is 0 Å². The van der Waals surface area contributed by atoms with Crippen LogP contribution in [0.3, 0.4) is 0 Å². The molecule has 0 bridgehead atoms. The van der Waals surface area contributed by atoms with E-state index in [0.717, 1.165) is 5.56 Å². The average Bonchev–Trinajstić information content (AvgIpc) is 2.47. The van der Waals surface area contributed by atoms with Gasteiger partial charge in [0.2, 0.25) is 0 Å². The van der Waals surface area contributed by atoms with Crippen molar-refractivity contribution >= 4 is 11.6 Å². The van der Waals surface area contributed by atoms with Gasteiger partial charge in [-0.3, -0.25) is 0 Å². The highest BCUT2D eigenvalue weighted by molar-refractivity contribution is 6.31. The minimum absolute atomic E-state index is 0.156. The summed E-state index contributed by atoms with van der Waals surface area (Å²) in [5.41, 5.74) is 7.35. The molecule has 0 amide bonds. The van der Waals surface area contributed by atoms with Crippen LogP contribution < -0.4 is 15.2 Å². The maximum atomic E-state index is 13.2. The van der Waals surface area contributed by atoms with Crippen LogP contribution in [0.25, 0.3) is 0 Å². The summed E-state index contributed by atoms with van der Waals surface area (Å²) in [4.78, 5) is 0. The Morgan fingerprint density at radius 1 is 1.24 bits per heavy atom. The molecule has 0 saturated carbocycles. The normalized spacial score (nSPS) is 12.0. The van der Waals surface area contributed by atoms with Crippen molar-refractivity contribution in [2.75, 3.05) is 7.11 Å². The summed E-state index contributed by atoms with van der Waals surface area (Å²) in [6, 6.07) is 9.42. The van der Waals surface area contributed by atoms with Crippen LogP contribution in [0.2, 0.25) is 5.02 Å².